The lowest BCUT2D eigenvalue weighted by atomic mass is 9.95. The second kappa shape index (κ2) is 7.38. The van der Waals surface area contributed by atoms with Crippen molar-refractivity contribution >= 4 is 21.6 Å². The second-order valence-electron chi connectivity index (χ2n) is 6.42. The monoisotopic (exact) mass is 348 g/mol. The van der Waals surface area contributed by atoms with Gasteiger partial charge in [0.05, 0.1) is 11.4 Å². The van der Waals surface area contributed by atoms with E-state index in [1.54, 1.807) is 6.08 Å². The van der Waals surface area contributed by atoms with Crippen LogP contribution in [0.15, 0.2) is 35.9 Å². The minimum Gasteiger partial charge on any atom is -0.351 e. The quantitative estimate of drug-likeness (QED) is 0.831. The van der Waals surface area contributed by atoms with Crippen molar-refractivity contribution in [3.8, 4) is 0 Å². The molecule has 1 aromatic rings. The van der Waals surface area contributed by atoms with Crippen molar-refractivity contribution in [1.29, 1.82) is 0 Å². The van der Waals surface area contributed by atoms with E-state index in [2.05, 4.69) is 5.32 Å². The number of hydrogen-bond acceptors (Lipinski definition) is 3. The Morgan fingerprint density at radius 3 is 2.67 bits per heavy atom. The molecule has 6 heteroatoms. The predicted octanol–water partition coefficient (Wildman–Crippen LogP) is 2.39. The zero-order valence-electron chi connectivity index (χ0n) is 13.8. The molecule has 2 aliphatic rings. The summed E-state index contributed by atoms with van der Waals surface area (Å²) in [6.45, 7) is 0.628. The molecule has 1 saturated carbocycles. The van der Waals surface area contributed by atoms with Crippen molar-refractivity contribution in [3.05, 3.63) is 41.5 Å². The molecule has 24 heavy (non-hydrogen) atoms. The van der Waals surface area contributed by atoms with Crippen molar-refractivity contribution in [1.82, 2.24) is 5.32 Å². The van der Waals surface area contributed by atoms with E-state index < -0.39 is 10.0 Å². The summed E-state index contributed by atoms with van der Waals surface area (Å²) in [5.74, 6) is -0.250. The number of benzene rings is 1. The van der Waals surface area contributed by atoms with Gasteiger partial charge in [0.25, 0.3) is 0 Å². The number of carbonyl (C=O) groups excluding carboxylic acids is 1. The molecule has 1 heterocycles. The van der Waals surface area contributed by atoms with Crippen LogP contribution < -0.4 is 9.62 Å². The minimum atomic E-state index is -3.40. The average Bonchev–Trinajstić information content (AvgIpc) is 3.00. The summed E-state index contributed by atoms with van der Waals surface area (Å²) in [4.78, 5) is 11.9. The van der Waals surface area contributed by atoms with E-state index in [0.717, 1.165) is 43.4 Å². The van der Waals surface area contributed by atoms with Crippen LogP contribution in [0.3, 0.4) is 0 Å². The minimum absolute atomic E-state index is 0.0732. The van der Waals surface area contributed by atoms with Gasteiger partial charge in [0, 0.05) is 19.2 Å². The highest BCUT2D eigenvalue weighted by Gasteiger charge is 2.28. The van der Waals surface area contributed by atoms with Gasteiger partial charge in [-0.05, 0) is 43.7 Å². The molecule has 0 bridgehead atoms. The van der Waals surface area contributed by atoms with E-state index >= 15 is 0 Å². The lowest BCUT2D eigenvalue weighted by Crippen LogP contribution is -2.36. The second-order valence-corrected chi connectivity index (χ2v) is 8.43. The summed E-state index contributed by atoms with van der Waals surface area (Å²) in [5, 5.41) is 2.71. The molecule has 0 radical (unpaired) electrons. The Hall–Kier alpha value is -1.82. The SMILES string of the molecule is O=C(C=C1CCCCC1)NCCS(=O)(=O)N1CCc2ccccc21. The van der Waals surface area contributed by atoms with E-state index in [1.165, 1.54) is 16.3 Å². The lowest BCUT2D eigenvalue weighted by molar-refractivity contribution is -0.116. The van der Waals surface area contributed by atoms with Crippen molar-refractivity contribution in [2.75, 3.05) is 23.1 Å². The number of nitrogens with zero attached hydrogens (tertiary/aromatic N) is 1. The van der Waals surface area contributed by atoms with Crippen molar-refractivity contribution in [3.63, 3.8) is 0 Å². The zero-order chi connectivity index (χ0) is 17.0. The number of sulfonamides is 1. The average molecular weight is 348 g/mol. The Balaban J connectivity index is 1.54. The largest absolute Gasteiger partial charge is 0.351 e. The summed E-state index contributed by atoms with van der Waals surface area (Å²) in [6.07, 6.45) is 7.87. The fourth-order valence-electron chi connectivity index (χ4n) is 3.40. The molecule has 1 N–H and O–H groups in total. The summed E-state index contributed by atoms with van der Waals surface area (Å²) in [7, 11) is -3.40. The number of amides is 1. The molecule has 0 atom stereocenters. The summed E-state index contributed by atoms with van der Waals surface area (Å²) in [6, 6.07) is 7.58. The molecule has 0 spiro atoms. The molecular formula is C18H24N2O3S. The number of fused-ring (bicyclic) bond motifs is 1. The predicted molar refractivity (Wildman–Crippen MR) is 95.5 cm³/mol. The van der Waals surface area contributed by atoms with E-state index in [0.29, 0.717) is 6.54 Å². The van der Waals surface area contributed by atoms with E-state index in [9.17, 15) is 13.2 Å². The summed E-state index contributed by atoms with van der Waals surface area (Å²) in [5.41, 5.74) is 3.01. The molecule has 1 aliphatic heterocycles. The van der Waals surface area contributed by atoms with Gasteiger partial charge in [0.2, 0.25) is 15.9 Å². The molecule has 0 saturated heterocycles. The Labute approximate surface area is 143 Å². The normalized spacial score (nSPS) is 17.5. The Morgan fingerprint density at radius 1 is 1.12 bits per heavy atom. The van der Waals surface area contributed by atoms with Crippen LogP contribution >= 0.6 is 0 Å². The molecule has 1 aromatic carbocycles. The maximum absolute atomic E-state index is 12.5. The van der Waals surface area contributed by atoms with Crippen molar-refractivity contribution < 1.29 is 13.2 Å². The summed E-state index contributed by atoms with van der Waals surface area (Å²) < 4.78 is 26.5. The molecule has 5 nitrogen and oxygen atoms in total. The first-order valence-electron chi connectivity index (χ1n) is 8.62. The van der Waals surface area contributed by atoms with Crippen LogP contribution in [0.4, 0.5) is 5.69 Å². The van der Waals surface area contributed by atoms with Crippen molar-refractivity contribution in [2.45, 2.75) is 38.5 Å². The smallest absolute Gasteiger partial charge is 0.243 e. The molecule has 1 fully saturated rings. The maximum Gasteiger partial charge on any atom is 0.243 e. The maximum atomic E-state index is 12.5. The van der Waals surface area contributed by atoms with E-state index in [-0.39, 0.29) is 18.2 Å². The highest BCUT2D eigenvalue weighted by atomic mass is 32.2. The first kappa shape index (κ1) is 17.0. The van der Waals surface area contributed by atoms with Gasteiger partial charge >= 0.3 is 0 Å². The van der Waals surface area contributed by atoms with Gasteiger partial charge in [-0.1, -0.05) is 30.2 Å². The Bertz CT molecular complexity index is 732. The third-order valence-corrected chi connectivity index (χ3v) is 6.44. The van der Waals surface area contributed by atoms with Gasteiger partial charge < -0.3 is 5.32 Å². The van der Waals surface area contributed by atoms with Gasteiger partial charge in [-0.15, -0.1) is 0 Å². The first-order chi connectivity index (χ1) is 11.6. The van der Waals surface area contributed by atoms with Gasteiger partial charge in [-0.3, -0.25) is 9.10 Å². The van der Waals surface area contributed by atoms with E-state index in [1.807, 2.05) is 24.3 Å². The number of para-hydroxylation sites is 1. The van der Waals surface area contributed by atoms with Crippen LogP contribution in [0.1, 0.15) is 37.7 Å². The molecular weight excluding hydrogens is 324 g/mol. The van der Waals surface area contributed by atoms with Gasteiger partial charge in [0.15, 0.2) is 0 Å². The number of allylic oxidation sites excluding steroid dienone is 1. The first-order valence-corrected chi connectivity index (χ1v) is 10.2. The number of carbonyl (C=O) groups is 1. The lowest BCUT2D eigenvalue weighted by Gasteiger charge is -2.19. The Morgan fingerprint density at radius 2 is 1.88 bits per heavy atom. The topological polar surface area (TPSA) is 66.5 Å². The van der Waals surface area contributed by atoms with Gasteiger partial charge in [0.1, 0.15) is 0 Å². The van der Waals surface area contributed by atoms with Crippen LogP contribution in [-0.2, 0) is 21.2 Å². The van der Waals surface area contributed by atoms with Crippen LogP contribution in [0.5, 0.6) is 0 Å². The number of hydrogen-bond donors (Lipinski definition) is 1. The number of rotatable bonds is 5. The molecule has 1 amide bonds. The van der Waals surface area contributed by atoms with Crippen LogP contribution in [-0.4, -0.2) is 33.2 Å². The number of nitrogens with one attached hydrogen (secondary N) is 1. The van der Waals surface area contributed by atoms with Crippen LogP contribution in [0, 0.1) is 0 Å². The Kier molecular flexibility index (Phi) is 5.23. The number of anilines is 1. The fraction of sp³-hybridized carbons (Fsp3) is 0.500. The molecule has 1 aliphatic carbocycles. The standard InChI is InChI=1S/C18H24N2O3S/c21-18(14-15-6-2-1-3-7-15)19-11-13-24(22,23)20-12-10-16-8-4-5-9-17(16)20/h4-5,8-9,14H,1-3,6-7,10-13H2,(H,19,21). The molecule has 3 rings (SSSR count). The van der Waals surface area contributed by atoms with Crippen LogP contribution in [0.2, 0.25) is 0 Å². The van der Waals surface area contributed by atoms with Gasteiger partial charge in [-0.2, -0.15) is 0 Å². The highest BCUT2D eigenvalue weighted by Crippen LogP contribution is 2.29. The molecule has 0 unspecified atom stereocenters. The van der Waals surface area contributed by atoms with E-state index in [4.69, 9.17) is 0 Å². The van der Waals surface area contributed by atoms with Crippen LogP contribution in [0.25, 0.3) is 0 Å². The van der Waals surface area contributed by atoms with Gasteiger partial charge in [-0.25, -0.2) is 8.42 Å². The molecule has 0 aromatic heterocycles. The van der Waals surface area contributed by atoms with Crippen molar-refractivity contribution in [2.24, 2.45) is 0 Å². The molecule has 130 valence electrons. The highest BCUT2D eigenvalue weighted by molar-refractivity contribution is 7.92. The zero-order valence-corrected chi connectivity index (χ0v) is 14.6. The third-order valence-electron chi connectivity index (χ3n) is 4.67. The third kappa shape index (κ3) is 3.98. The summed E-state index contributed by atoms with van der Waals surface area (Å²) >= 11 is 0. The fourth-order valence-corrected chi connectivity index (χ4v) is 4.82.